The second kappa shape index (κ2) is 7.60. The summed E-state index contributed by atoms with van der Waals surface area (Å²) < 4.78 is 7.23. The van der Waals surface area contributed by atoms with Crippen LogP contribution >= 0.6 is 11.8 Å². The van der Waals surface area contributed by atoms with Crippen LogP contribution in [0.2, 0.25) is 0 Å². The molecule has 1 atom stereocenters. The van der Waals surface area contributed by atoms with Crippen molar-refractivity contribution in [2.75, 3.05) is 7.11 Å². The van der Waals surface area contributed by atoms with Crippen LogP contribution in [-0.2, 0) is 4.79 Å². The number of hydrogen-bond donors (Lipinski definition) is 1. The first-order valence-corrected chi connectivity index (χ1v) is 10.8. The molecule has 8 heteroatoms. The van der Waals surface area contributed by atoms with Gasteiger partial charge in [0.2, 0.25) is 5.91 Å². The van der Waals surface area contributed by atoms with Crippen molar-refractivity contribution in [2.45, 2.75) is 36.2 Å². The molecular weight excluding hydrogens is 398 g/mol. The Morgan fingerprint density at radius 1 is 1.17 bits per heavy atom. The Labute approximate surface area is 177 Å². The van der Waals surface area contributed by atoms with Crippen molar-refractivity contribution in [3.63, 3.8) is 0 Å². The zero-order valence-electron chi connectivity index (χ0n) is 16.7. The Bertz CT molecular complexity index is 1230. The minimum atomic E-state index is -0.284. The van der Waals surface area contributed by atoms with E-state index in [-0.39, 0.29) is 11.2 Å². The number of thioether (sulfide) groups is 1. The van der Waals surface area contributed by atoms with E-state index in [1.807, 2.05) is 59.9 Å². The van der Waals surface area contributed by atoms with Gasteiger partial charge in [-0.2, -0.15) is 0 Å². The minimum Gasteiger partial charge on any atom is -0.497 e. The number of amides is 1. The number of benzene rings is 2. The van der Waals surface area contributed by atoms with Gasteiger partial charge in [-0.25, -0.2) is 4.98 Å². The molecule has 0 aliphatic heterocycles. The summed E-state index contributed by atoms with van der Waals surface area (Å²) in [5.74, 6) is 1.53. The average molecular weight is 420 g/mol. The summed E-state index contributed by atoms with van der Waals surface area (Å²) in [6, 6.07) is 15.9. The van der Waals surface area contributed by atoms with Gasteiger partial charge in [0.1, 0.15) is 11.6 Å². The molecule has 7 nitrogen and oxygen atoms in total. The summed E-state index contributed by atoms with van der Waals surface area (Å²) in [4.78, 5) is 17.4. The number of rotatable bonds is 6. The van der Waals surface area contributed by atoms with Crippen molar-refractivity contribution in [3.05, 3.63) is 48.5 Å². The fourth-order valence-corrected chi connectivity index (χ4v) is 4.19. The maximum atomic E-state index is 12.5. The summed E-state index contributed by atoms with van der Waals surface area (Å²) in [6.45, 7) is 1.89. The molecule has 1 fully saturated rings. The predicted octanol–water partition coefficient (Wildman–Crippen LogP) is 3.71. The summed E-state index contributed by atoms with van der Waals surface area (Å²) in [7, 11) is 1.64. The number of methoxy groups -OCH3 is 1. The molecule has 0 bridgehead atoms. The third-order valence-corrected chi connectivity index (χ3v) is 6.18. The summed E-state index contributed by atoms with van der Waals surface area (Å²) in [5.41, 5.74) is 2.49. The molecule has 152 valence electrons. The Kier molecular flexibility index (Phi) is 4.78. The highest BCUT2D eigenvalue weighted by Crippen LogP contribution is 2.31. The van der Waals surface area contributed by atoms with Gasteiger partial charge in [-0.1, -0.05) is 23.9 Å². The SMILES string of the molecule is COc1ccc(-c2nc3ccccc3c3nnc(SC(C)C(=O)NC4CC4)n23)cc1. The van der Waals surface area contributed by atoms with E-state index in [0.717, 1.165) is 46.5 Å². The molecule has 5 rings (SSSR count). The first-order chi connectivity index (χ1) is 14.6. The van der Waals surface area contributed by atoms with Gasteiger partial charge in [-0.3, -0.25) is 9.20 Å². The molecule has 0 spiro atoms. The smallest absolute Gasteiger partial charge is 0.233 e. The van der Waals surface area contributed by atoms with Crippen LogP contribution in [0.3, 0.4) is 0 Å². The van der Waals surface area contributed by atoms with Crippen LogP contribution in [0.15, 0.2) is 53.7 Å². The van der Waals surface area contributed by atoms with Gasteiger partial charge < -0.3 is 10.1 Å². The topological polar surface area (TPSA) is 81.4 Å². The van der Waals surface area contributed by atoms with E-state index in [0.29, 0.717) is 11.2 Å². The molecule has 1 aliphatic carbocycles. The number of nitrogens with one attached hydrogen (secondary N) is 1. The fourth-order valence-electron chi connectivity index (χ4n) is 3.33. The monoisotopic (exact) mass is 419 g/mol. The number of hydrogen-bond acceptors (Lipinski definition) is 6. The third-order valence-electron chi connectivity index (χ3n) is 5.14. The van der Waals surface area contributed by atoms with E-state index < -0.39 is 0 Å². The molecule has 1 unspecified atom stereocenters. The zero-order chi connectivity index (χ0) is 20.7. The highest BCUT2D eigenvalue weighted by Gasteiger charge is 2.27. The maximum absolute atomic E-state index is 12.5. The van der Waals surface area contributed by atoms with E-state index in [4.69, 9.17) is 9.72 Å². The molecule has 2 aromatic carbocycles. The van der Waals surface area contributed by atoms with E-state index in [1.165, 1.54) is 11.8 Å². The molecular formula is C22H21N5O2S. The highest BCUT2D eigenvalue weighted by atomic mass is 32.2. The molecule has 0 saturated heterocycles. The van der Waals surface area contributed by atoms with Gasteiger partial charge in [0.15, 0.2) is 10.8 Å². The molecule has 0 radical (unpaired) electrons. The van der Waals surface area contributed by atoms with Crippen LogP contribution in [0.5, 0.6) is 5.75 Å². The summed E-state index contributed by atoms with van der Waals surface area (Å²) in [6.07, 6.45) is 2.13. The average Bonchev–Trinajstić information content (AvgIpc) is 3.50. The van der Waals surface area contributed by atoms with Gasteiger partial charge >= 0.3 is 0 Å². The minimum absolute atomic E-state index is 0.0268. The molecule has 4 aromatic rings. The number of carbonyl (C=O) groups excluding carboxylic acids is 1. The number of aromatic nitrogens is 4. The number of nitrogens with zero attached hydrogens (tertiary/aromatic N) is 4. The molecule has 1 aliphatic rings. The van der Waals surface area contributed by atoms with E-state index in [1.54, 1.807) is 7.11 Å². The molecule has 2 heterocycles. The van der Waals surface area contributed by atoms with Crippen LogP contribution in [0.4, 0.5) is 0 Å². The van der Waals surface area contributed by atoms with Crippen molar-refractivity contribution in [2.24, 2.45) is 0 Å². The first-order valence-electron chi connectivity index (χ1n) is 9.89. The molecule has 2 aromatic heterocycles. The molecule has 1 N–H and O–H groups in total. The van der Waals surface area contributed by atoms with Crippen LogP contribution in [0.1, 0.15) is 19.8 Å². The largest absolute Gasteiger partial charge is 0.497 e. The van der Waals surface area contributed by atoms with Crippen LogP contribution in [0.25, 0.3) is 27.9 Å². The molecule has 1 saturated carbocycles. The lowest BCUT2D eigenvalue weighted by molar-refractivity contribution is -0.120. The normalized spacial score (nSPS) is 14.7. The van der Waals surface area contributed by atoms with Gasteiger partial charge in [0.25, 0.3) is 0 Å². The van der Waals surface area contributed by atoms with Crippen molar-refractivity contribution < 1.29 is 9.53 Å². The van der Waals surface area contributed by atoms with Gasteiger partial charge in [-0.05, 0) is 56.2 Å². The van der Waals surface area contributed by atoms with Gasteiger partial charge in [0.05, 0.1) is 17.9 Å². The third kappa shape index (κ3) is 3.47. The number of fused-ring (bicyclic) bond motifs is 3. The standard InChI is InChI=1S/C22H21N5O2S/c1-13(21(28)23-15-9-10-15)30-22-26-25-20-17-5-3-4-6-18(17)24-19(27(20)22)14-7-11-16(29-2)12-8-14/h3-8,11-13,15H,9-10H2,1-2H3,(H,23,28). The van der Waals surface area contributed by atoms with E-state index in [9.17, 15) is 4.79 Å². The first kappa shape index (κ1) is 18.9. The highest BCUT2D eigenvalue weighted by molar-refractivity contribution is 8.00. The number of ether oxygens (including phenoxy) is 1. The second-order valence-corrected chi connectivity index (χ2v) is 8.67. The molecule has 1 amide bonds. The lowest BCUT2D eigenvalue weighted by Crippen LogP contribution is -2.32. The number of para-hydroxylation sites is 1. The Morgan fingerprint density at radius 3 is 2.67 bits per heavy atom. The predicted molar refractivity (Wildman–Crippen MR) is 117 cm³/mol. The maximum Gasteiger partial charge on any atom is 0.233 e. The zero-order valence-corrected chi connectivity index (χ0v) is 17.5. The lowest BCUT2D eigenvalue weighted by atomic mass is 10.1. The van der Waals surface area contributed by atoms with Crippen LogP contribution in [0, 0.1) is 0 Å². The van der Waals surface area contributed by atoms with Crippen molar-refractivity contribution in [1.82, 2.24) is 24.9 Å². The Balaban J connectivity index is 1.62. The van der Waals surface area contributed by atoms with Crippen LogP contribution < -0.4 is 10.1 Å². The Morgan fingerprint density at radius 2 is 1.93 bits per heavy atom. The fraction of sp³-hybridized carbons (Fsp3) is 0.273. The van der Waals surface area contributed by atoms with Crippen molar-refractivity contribution in [3.8, 4) is 17.1 Å². The summed E-state index contributed by atoms with van der Waals surface area (Å²) >= 11 is 1.40. The van der Waals surface area contributed by atoms with Crippen molar-refractivity contribution in [1.29, 1.82) is 0 Å². The Hall–Kier alpha value is -3.13. The quantitative estimate of drug-likeness (QED) is 0.480. The second-order valence-electron chi connectivity index (χ2n) is 7.37. The summed E-state index contributed by atoms with van der Waals surface area (Å²) in [5, 5.41) is 13.2. The van der Waals surface area contributed by atoms with Gasteiger partial charge in [-0.15, -0.1) is 10.2 Å². The van der Waals surface area contributed by atoms with Crippen LogP contribution in [-0.4, -0.2) is 43.9 Å². The van der Waals surface area contributed by atoms with E-state index in [2.05, 4.69) is 15.5 Å². The molecule has 30 heavy (non-hydrogen) atoms. The number of carbonyl (C=O) groups is 1. The van der Waals surface area contributed by atoms with E-state index >= 15 is 0 Å². The van der Waals surface area contributed by atoms with Gasteiger partial charge in [0, 0.05) is 17.0 Å². The van der Waals surface area contributed by atoms with Crippen molar-refractivity contribution >= 4 is 34.2 Å². The lowest BCUT2D eigenvalue weighted by Gasteiger charge is -2.13.